The Morgan fingerprint density at radius 3 is 2.32 bits per heavy atom. The zero-order valence-corrected chi connectivity index (χ0v) is 16.9. The van der Waals surface area contributed by atoms with Crippen molar-refractivity contribution in [3.05, 3.63) is 53.9 Å². The van der Waals surface area contributed by atoms with Crippen molar-refractivity contribution in [2.75, 3.05) is 19.8 Å². The zero-order chi connectivity index (χ0) is 20.1. The number of alkyl halides is 3. The summed E-state index contributed by atoms with van der Waals surface area (Å²) in [7, 11) is 0. The molecule has 1 N–H and O–H groups in total. The van der Waals surface area contributed by atoms with Gasteiger partial charge in [0.25, 0.3) is 0 Å². The minimum atomic E-state index is -1.21. The molecule has 150 valence electrons. The van der Waals surface area contributed by atoms with Gasteiger partial charge in [-0.25, -0.2) is 0 Å². The molecule has 1 aromatic carbocycles. The fourth-order valence-electron chi connectivity index (χ4n) is 3.20. The zero-order valence-electron chi connectivity index (χ0n) is 15.4. The van der Waals surface area contributed by atoms with E-state index in [1.807, 2.05) is 30.5 Å². The molecule has 1 fully saturated rings. The van der Waals surface area contributed by atoms with Crippen LogP contribution in [0, 0.1) is 5.92 Å². The number of Topliss-reactive ketones (excluding diaryl/α,β-unsaturated/α-hetero) is 1. The van der Waals surface area contributed by atoms with Crippen LogP contribution in [0.25, 0.3) is 11.1 Å². The van der Waals surface area contributed by atoms with E-state index in [0.717, 1.165) is 36.5 Å². The number of aliphatic hydroxyl groups excluding tert-OH is 1. The van der Waals surface area contributed by atoms with E-state index in [0.29, 0.717) is 5.56 Å². The molecule has 0 saturated carbocycles. The summed E-state index contributed by atoms with van der Waals surface area (Å²) < 4.78 is 13.3. The molecule has 2 aromatic rings. The third-order valence-electron chi connectivity index (χ3n) is 5.10. The minimum Gasteiger partial charge on any atom is -0.388 e. The summed E-state index contributed by atoms with van der Waals surface area (Å²) in [6.07, 6.45) is 1.78. The van der Waals surface area contributed by atoms with Gasteiger partial charge in [0, 0.05) is 30.6 Å². The maximum Gasteiger partial charge on any atom is 0.166 e. The highest BCUT2D eigenvalue weighted by Crippen LogP contribution is 2.29. The number of likely N-dealkylation sites (tertiary alicyclic amines) is 1. The highest BCUT2D eigenvalue weighted by Gasteiger charge is 2.26. The average molecular weight is 425 g/mol. The number of aromatic nitrogens is 1. The van der Waals surface area contributed by atoms with E-state index in [1.54, 1.807) is 12.1 Å². The van der Waals surface area contributed by atoms with Crippen molar-refractivity contribution in [2.24, 2.45) is 5.92 Å². The van der Waals surface area contributed by atoms with E-state index in [-0.39, 0.29) is 6.42 Å². The maximum absolute atomic E-state index is 13.3. The molecule has 0 spiro atoms. The van der Waals surface area contributed by atoms with Gasteiger partial charge in [0.05, 0.1) is 18.5 Å². The second-order valence-electron chi connectivity index (χ2n) is 7.12. The number of ketones is 1. The summed E-state index contributed by atoms with van der Waals surface area (Å²) in [5.74, 6) is -1.37. The molecule has 7 heteroatoms. The van der Waals surface area contributed by atoms with Crippen molar-refractivity contribution in [3.8, 4) is 11.1 Å². The quantitative estimate of drug-likeness (QED) is 0.608. The first-order valence-electron chi connectivity index (χ1n) is 9.30. The first-order valence-corrected chi connectivity index (χ1v) is 10.2. The van der Waals surface area contributed by atoms with Crippen LogP contribution in [-0.2, 0) is 11.3 Å². The van der Waals surface area contributed by atoms with Crippen LogP contribution in [0.1, 0.15) is 30.2 Å². The molecule has 2 heterocycles. The number of carbonyl (C=O) groups is 1. The fraction of sp³-hybridized carbons (Fsp3) is 0.429. The van der Waals surface area contributed by atoms with Gasteiger partial charge in [-0.1, -0.05) is 53.5 Å². The van der Waals surface area contributed by atoms with E-state index in [2.05, 4.69) is 9.88 Å². The minimum absolute atomic E-state index is 0.209. The third-order valence-corrected chi connectivity index (χ3v) is 5.58. The Balaban J connectivity index is 1.65. The normalized spacial score (nSPS) is 16.6. The summed E-state index contributed by atoms with van der Waals surface area (Å²) >= 11 is 11.0. The lowest BCUT2D eigenvalue weighted by molar-refractivity contribution is -0.119. The van der Waals surface area contributed by atoms with Gasteiger partial charge in [-0.3, -0.25) is 19.1 Å². The summed E-state index contributed by atoms with van der Waals surface area (Å²) in [4.78, 5) is 17.3. The van der Waals surface area contributed by atoms with Crippen molar-refractivity contribution in [2.45, 2.75) is 30.3 Å². The number of hydrogen-bond acceptors (Lipinski definition) is 4. The van der Waals surface area contributed by atoms with E-state index in [4.69, 9.17) is 23.2 Å². The number of halogens is 3. The first kappa shape index (κ1) is 21.2. The number of nitrogens with zero attached hydrogens (tertiary/aromatic N) is 2. The molecule has 0 radical (unpaired) electrons. The predicted octanol–water partition coefficient (Wildman–Crippen LogP) is 4.34. The van der Waals surface area contributed by atoms with Crippen LogP contribution in [-0.4, -0.2) is 45.4 Å². The van der Waals surface area contributed by atoms with Crippen molar-refractivity contribution in [1.29, 1.82) is 0 Å². The number of pyridine rings is 1. The Morgan fingerprint density at radius 2 is 1.82 bits per heavy atom. The molecule has 0 amide bonds. The number of hydrogen-bond donors (Lipinski definition) is 1. The van der Waals surface area contributed by atoms with Crippen molar-refractivity contribution >= 4 is 29.0 Å². The molecule has 2 atom stereocenters. The van der Waals surface area contributed by atoms with Gasteiger partial charge < -0.3 is 5.11 Å². The molecule has 0 unspecified atom stereocenters. The van der Waals surface area contributed by atoms with Crippen molar-refractivity contribution in [1.82, 2.24) is 9.88 Å². The summed E-state index contributed by atoms with van der Waals surface area (Å²) in [5, 5.41) is 10.4. The molecule has 28 heavy (non-hydrogen) atoms. The molecular weight excluding hydrogens is 402 g/mol. The Morgan fingerprint density at radius 1 is 1.14 bits per heavy atom. The lowest BCUT2D eigenvalue weighted by Gasteiger charge is -2.30. The Hall–Kier alpha value is -1.53. The number of benzene rings is 1. The van der Waals surface area contributed by atoms with Crippen LogP contribution >= 0.6 is 23.2 Å². The molecule has 4 nitrogen and oxygen atoms in total. The van der Waals surface area contributed by atoms with Gasteiger partial charge in [-0.2, -0.15) is 0 Å². The maximum atomic E-state index is 13.3. The van der Waals surface area contributed by atoms with Crippen LogP contribution < -0.4 is 0 Å². The standard InChI is InChI=1S/C21H23Cl2FN2O2/c22-21(23)19(27)10-17(11-24)20(28)15-4-2-14(3-5-15)16-6-7-18(25-12-16)13-26-8-1-9-26/h2-7,12,17,20-21,28H,1,8-11,13H2/t17-,20-/m1/s1. The second-order valence-corrected chi connectivity index (χ2v) is 8.22. The highest BCUT2D eigenvalue weighted by atomic mass is 35.5. The van der Waals surface area contributed by atoms with E-state index >= 15 is 0 Å². The molecule has 1 aliphatic rings. The Bertz CT molecular complexity index is 780. The van der Waals surface area contributed by atoms with Crippen molar-refractivity contribution in [3.63, 3.8) is 0 Å². The van der Waals surface area contributed by atoms with Crippen LogP contribution in [0.2, 0.25) is 0 Å². The Kier molecular flexibility index (Phi) is 7.41. The number of rotatable bonds is 9. The van der Waals surface area contributed by atoms with Gasteiger partial charge in [-0.05, 0) is 36.7 Å². The molecule has 1 saturated heterocycles. The molecule has 0 aliphatic carbocycles. The second kappa shape index (κ2) is 9.79. The number of carbonyl (C=O) groups excluding carboxylic acids is 1. The largest absolute Gasteiger partial charge is 0.388 e. The van der Waals surface area contributed by atoms with Gasteiger partial charge in [0.15, 0.2) is 10.6 Å². The van der Waals surface area contributed by atoms with Gasteiger partial charge in [0.2, 0.25) is 0 Å². The fourth-order valence-corrected chi connectivity index (χ4v) is 3.38. The summed E-state index contributed by atoms with van der Waals surface area (Å²) in [5.41, 5.74) is 3.51. The van der Waals surface area contributed by atoms with Gasteiger partial charge >= 0.3 is 0 Å². The first-order chi connectivity index (χ1) is 13.5. The van der Waals surface area contributed by atoms with Crippen LogP contribution in [0.15, 0.2) is 42.6 Å². The van der Waals surface area contributed by atoms with E-state index < -0.39 is 29.3 Å². The van der Waals surface area contributed by atoms with Crippen LogP contribution in [0.3, 0.4) is 0 Å². The topological polar surface area (TPSA) is 53.4 Å². The monoisotopic (exact) mass is 424 g/mol. The predicted molar refractivity (Wildman–Crippen MR) is 109 cm³/mol. The third kappa shape index (κ3) is 5.29. The van der Waals surface area contributed by atoms with E-state index in [9.17, 15) is 14.3 Å². The lowest BCUT2D eigenvalue weighted by atomic mass is 9.91. The molecule has 1 aliphatic heterocycles. The Labute approximate surface area is 174 Å². The lowest BCUT2D eigenvalue weighted by Crippen LogP contribution is -2.36. The van der Waals surface area contributed by atoms with Gasteiger partial charge in [0.1, 0.15) is 0 Å². The van der Waals surface area contributed by atoms with Gasteiger partial charge in [-0.15, -0.1) is 0 Å². The highest BCUT2D eigenvalue weighted by molar-refractivity contribution is 6.53. The SMILES string of the molecule is O=C(C[C@H](CF)[C@H](O)c1ccc(-c2ccc(CN3CCC3)nc2)cc1)C(Cl)Cl. The molecule has 3 rings (SSSR count). The average Bonchev–Trinajstić information content (AvgIpc) is 2.68. The number of aliphatic hydroxyl groups is 1. The summed E-state index contributed by atoms with van der Waals surface area (Å²) in [6, 6.07) is 11.2. The summed E-state index contributed by atoms with van der Waals surface area (Å²) in [6.45, 7) is 2.31. The van der Waals surface area contributed by atoms with Crippen molar-refractivity contribution < 1.29 is 14.3 Å². The van der Waals surface area contributed by atoms with Crippen LogP contribution in [0.4, 0.5) is 4.39 Å². The molecule has 0 bridgehead atoms. The van der Waals surface area contributed by atoms with Crippen LogP contribution in [0.5, 0.6) is 0 Å². The smallest absolute Gasteiger partial charge is 0.166 e. The molecular formula is C21H23Cl2FN2O2. The molecule has 1 aromatic heterocycles. The van der Waals surface area contributed by atoms with E-state index in [1.165, 1.54) is 6.42 Å².